The van der Waals surface area contributed by atoms with E-state index in [2.05, 4.69) is 55.4 Å². The maximum atomic E-state index is 2.72. The van der Waals surface area contributed by atoms with Crippen LogP contribution in [0.25, 0.3) is 0 Å². The topological polar surface area (TPSA) is 0 Å². The van der Waals surface area contributed by atoms with Gasteiger partial charge in [-0.2, -0.15) is 0 Å². The Bertz CT molecular complexity index is 451. The average Bonchev–Trinajstić information content (AvgIpc) is 3.04. The number of fused-ring (bicyclic) bond motifs is 1. The molecule has 0 nitrogen and oxygen atoms in total. The number of rotatable bonds is 12. The van der Waals surface area contributed by atoms with Crippen LogP contribution in [0.1, 0.15) is 132 Å². The first-order chi connectivity index (χ1) is 13.7. The van der Waals surface area contributed by atoms with Crippen molar-refractivity contribution in [1.82, 2.24) is 0 Å². The molecule has 0 aromatic heterocycles. The first kappa shape index (κ1) is 25.3. The second-order valence-electron chi connectivity index (χ2n) is 12.2. The van der Waals surface area contributed by atoms with Gasteiger partial charge in [-0.15, -0.1) is 0 Å². The minimum Gasteiger partial charge on any atom is -0.0654 e. The van der Waals surface area contributed by atoms with Gasteiger partial charge in [0.1, 0.15) is 0 Å². The van der Waals surface area contributed by atoms with E-state index in [1.807, 2.05) is 0 Å². The van der Waals surface area contributed by atoms with Gasteiger partial charge in [0.15, 0.2) is 0 Å². The van der Waals surface area contributed by atoms with Crippen LogP contribution in [0, 0.1) is 52.8 Å². The van der Waals surface area contributed by atoms with Crippen molar-refractivity contribution >= 4 is 0 Å². The molecule has 0 bridgehead atoms. The molecule has 0 radical (unpaired) electrons. The summed E-state index contributed by atoms with van der Waals surface area (Å²) in [6, 6.07) is 0. The Hall–Kier alpha value is 0. The minimum atomic E-state index is 0.653. The summed E-state index contributed by atoms with van der Waals surface area (Å²) >= 11 is 0. The summed E-state index contributed by atoms with van der Waals surface area (Å²) in [6.07, 6.45) is 17.7. The van der Waals surface area contributed by atoms with E-state index in [1.165, 1.54) is 77.0 Å². The zero-order chi connectivity index (χ0) is 21.6. The molecule has 2 fully saturated rings. The van der Waals surface area contributed by atoms with Crippen LogP contribution in [0.15, 0.2) is 0 Å². The lowest BCUT2D eigenvalue weighted by Crippen LogP contribution is -2.39. The predicted molar refractivity (Wildman–Crippen MR) is 131 cm³/mol. The van der Waals surface area contributed by atoms with Gasteiger partial charge < -0.3 is 0 Å². The highest BCUT2D eigenvalue weighted by molar-refractivity contribution is 5.01. The minimum absolute atomic E-state index is 0.653. The summed E-state index contributed by atoms with van der Waals surface area (Å²) in [6.45, 7) is 19.9. The molecule has 0 spiro atoms. The van der Waals surface area contributed by atoms with Gasteiger partial charge in [0, 0.05) is 0 Å². The molecule has 0 heteroatoms. The Morgan fingerprint density at radius 1 is 0.828 bits per heavy atom. The van der Waals surface area contributed by atoms with Gasteiger partial charge in [-0.25, -0.2) is 0 Å². The number of hydrogen-bond donors (Lipinski definition) is 0. The zero-order valence-electron chi connectivity index (χ0n) is 21.6. The Kier molecular flexibility index (Phi) is 10.1. The van der Waals surface area contributed by atoms with Gasteiger partial charge in [0.25, 0.3) is 0 Å². The van der Waals surface area contributed by atoms with Crippen molar-refractivity contribution < 1.29 is 0 Å². The summed E-state index contributed by atoms with van der Waals surface area (Å²) in [5.74, 6) is 7.62. The van der Waals surface area contributed by atoms with Crippen LogP contribution >= 0.6 is 0 Å². The Morgan fingerprint density at radius 2 is 1.55 bits per heavy atom. The van der Waals surface area contributed by atoms with Gasteiger partial charge in [-0.3, -0.25) is 0 Å². The van der Waals surface area contributed by atoms with Crippen LogP contribution in [0.3, 0.4) is 0 Å². The van der Waals surface area contributed by atoms with Gasteiger partial charge >= 0.3 is 0 Å². The van der Waals surface area contributed by atoms with Crippen molar-refractivity contribution in [3.05, 3.63) is 0 Å². The molecule has 2 rings (SSSR count). The molecule has 0 amide bonds. The monoisotopic (exact) mass is 404 g/mol. The molecule has 2 aliphatic rings. The maximum Gasteiger partial charge on any atom is -0.0264 e. The maximum absolute atomic E-state index is 2.72. The van der Waals surface area contributed by atoms with E-state index in [0.717, 1.165) is 47.3 Å². The van der Waals surface area contributed by atoms with E-state index >= 15 is 0 Å². The summed E-state index contributed by atoms with van der Waals surface area (Å²) < 4.78 is 0. The largest absolute Gasteiger partial charge is 0.0654 e. The van der Waals surface area contributed by atoms with Crippen molar-refractivity contribution in [2.75, 3.05) is 0 Å². The molecule has 8 unspecified atom stereocenters. The summed E-state index contributed by atoms with van der Waals surface area (Å²) in [5.41, 5.74) is 0.653. The summed E-state index contributed by atoms with van der Waals surface area (Å²) in [4.78, 5) is 0. The predicted octanol–water partition coefficient (Wildman–Crippen LogP) is 9.77. The third kappa shape index (κ3) is 6.26. The van der Waals surface area contributed by atoms with Crippen molar-refractivity contribution in [1.29, 1.82) is 0 Å². The zero-order valence-corrected chi connectivity index (χ0v) is 21.6. The Balaban J connectivity index is 1.95. The summed E-state index contributed by atoms with van der Waals surface area (Å²) in [5, 5.41) is 0. The van der Waals surface area contributed by atoms with Crippen LogP contribution in [-0.4, -0.2) is 0 Å². The molecule has 2 saturated carbocycles. The van der Waals surface area contributed by atoms with Crippen LogP contribution in [0.2, 0.25) is 0 Å². The summed E-state index contributed by atoms with van der Waals surface area (Å²) in [7, 11) is 0. The second kappa shape index (κ2) is 11.6. The lowest BCUT2D eigenvalue weighted by Gasteiger charge is -2.47. The molecule has 0 N–H and O–H groups in total. The Morgan fingerprint density at radius 3 is 2.17 bits per heavy atom. The highest BCUT2D eigenvalue weighted by Crippen LogP contribution is 2.61. The fourth-order valence-electron chi connectivity index (χ4n) is 7.74. The van der Waals surface area contributed by atoms with E-state index < -0.39 is 0 Å². The van der Waals surface area contributed by atoms with Crippen LogP contribution in [0.5, 0.6) is 0 Å². The molecular weight excluding hydrogens is 348 g/mol. The first-order valence-electron chi connectivity index (χ1n) is 13.7. The third-order valence-corrected chi connectivity index (χ3v) is 10.2. The fraction of sp³-hybridized carbons (Fsp3) is 1.00. The van der Waals surface area contributed by atoms with Gasteiger partial charge in [0.05, 0.1) is 0 Å². The lowest BCUT2D eigenvalue weighted by molar-refractivity contribution is 0.0214. The fourth-order valence-corrected chi connectivity index (χ4v) is 7.74. The molecule has 0 aromatic carbocycles. The van der Waals surface area contributed by atoms with Crippen molar-refractivity contribution in [3.63, 3.8) is 0 Å². The normalized spacial score (nSPS) is 34.0. The quantitative estimate of drug-likeness (QED) is 0.303. The van der Waals surface area contributed by atoms with Gasteiger partial charge in [-0.1, -0.05) is 100 Å². The van der Waals surface area contributed by atoms with Crippen LogP contribution in [0.4, 0.5) is 0 Å². The van der Waals surface area contributed by atoms with Gasteiger partial charge in [0.2, 0.25) is 0 Å². The van der Waals surface area contributed by atoms with E-state index in [4.69, 9.17) is 0 Å². The molecule has 172 valence electrons. The van der Waals surface area contributed by atoms with E-state index in [1.54, 1.807) is 0 Å². The first-order valence-corrected chi connectivity index (χ1v) is 13.7. The van der Waals surface area contributed by atoms with E-state index in [-0.39, 0.29) is 0 Å². The standard InChI is InChI=1S/C29H56/c1-9-12-23(6)25(10-2)16-17-26-13-11-20-29(8)27(18-19-28(26)29)24(7)15-14-22(5)21(3)4/h21-28H,9-20H2,1-8H3. The highest BCUT2D eigenvalue weighted by atomic mass is 14.6. The smallest absolute Gasteiger partial charge is 0.0264 e. The van der Waals surface area contributed by atoms with Crippen molar-refractivity contribution in [2.24, 2.45) is 52.8 Å². The number of hydrogen-bond acceptors (Lipinski definition) is 0. The molecule has 0 saturated heterocycles. The molecule has 29 heavy (non-hydrogen) atoms. The SMILES string of the molecule is CCCC(C)C(CC)CCC1CCCC2(C)C(C(C)CCC(C)C(C)C)CCC12. The average molecular weight is 405 g/mol. The molecule has 2 aliphatic carbocycles. The molecule has 8 atom stereocenters. The Labute approximate surface area is 185 Å². The van der Waals surface area contributed by atoms with Crippen molar-refractivity contribution in [3.8, 4) is 0 Å². The van der Waals surface area contributed by atoms with Gasteiger partial charge in [-0.05, 0) is 84.9 Å². The highest BCUT2D eigenvalue weighted by Gasteiger charge is 2.52. The van der Waals surface area contributed by atoms with E-state index in [9.17, 15) is 0 Å². The van der Waals surface area contributed by atoms with E-state index in [0.29, 0.717) is 5.41 Å². The molecular formula is C29H56. The molecule has 0 aliphatic heterocycles. The molecule has 0 aromatic rings. The van der Waals surface area contributed by atoms with Crippen LogP contribution in [-0.2, 0) is 0 Å². The lowest BCUT2D eigenvalue weighted by atomic mass is 9.58. The second-order valence-corrected chi connectivity index (χ2v) is 12.2. The third-order valence-electron chi connectivity index (χ3n) is 10.2. The van der Waals surface area contributed by atoms with Crippen molar-refractivity contribution in [2.45, 2.75) is 132 Å². The van der Waals surface area contributed by atoms with Crippen LogP contribution < -0.4 is 0 Å². The molecule has 0 heterocycles.